The normalized spacial score (nSPS) is 16.1. The van der Waals surface area contributed by atoms with Crippen LogP contribution in [0.3, 0.4) is 0 Å². The molecule has 2 rings (SSSR count). The molecule has 1 fully saturated rings. The van der Waals surface area contributed by atoms with Gasteiger partial charge in [0.15, 0.2) is 0 Å². The summed E-state index contributed by atoms with van der Waals surface area (Å²) in [6, 6.07) is 8.27. The zero-order valence-electron chi connectivity index (χ0n) is 11.3. The Balaban J connectivity index is 1.72. The van der Waals surface area contributed by atoms with E-state index in [1.165, 1.54) is 31.5 Å². The fourth-order valence-corrected chi connectivity index (χ4v) is 2.41. The summed E-state index contributed by atoms with van der Waals surface area (Å²) in [6.07, 6.45) is 2.74. The van der Waals surface area contributed by atoms with E-state index in [-0.39, 0.29) is 0 Å². The number of hydrogen-bond donors (Lipinski definition) is 1. The minimum Gasteiger partial charge on any atom is -0.494 e. The highest BCUT2D eigenvalue weighted by molar-refractivity contribution is 5.33. The van der Waals surface area contributed by atoms with Gasteiger partial charge in [0, 0.05) is 25.2 Å². The van der Waals surface area contributed by atoms with Crippen LogP contribution in [0, 0.1) is 0 Å². The van der Waals surface area contributed by atoms with E-state index in [4.69, 9.17) is 4.74 Å². The molecule has 1 aromatic rings. The van der Waals surface area contributed by atoms with Crippen LogP contribution in [0.1, 0.15) is 25.3 Å². The first kappa shape index (κ1) is 13.4. The second kappa shape index (κ2) is 7.39. The molecule has 3 heteroatoms. The minimum atomic E-state index is 0.727. The van der Waals surface area contributed by atoms with E-state index in [0.29, 0.717) is 0 Å². The van der Waals surface area contributed by atoms with Gasteiger partial charge in [-0.15, -0.1) is 0 Å². The number of benzene rings is 1. The molecule has 0 radical (unpaired) electrons. The summed E-state index contributed by atoms with van der Waals surface area (Å²) >= 11 is 0. The fraction of sp³-hybridized carbons (Fsp3) is 0.600. The molecule has 0 spiro atoms. The lowest BCUT2D eigenvalue weighted by Gasteiger charge is -2.15. The SMILES string of the molecule is CCOc1ccccc1CNCCN1CCCC1. The monoisotopic (exact) mass is 248 g/mol. The van der Waals surface area contributed by atoms with Crippen molar-refractivity contribution in [3.63, 3.8) is 0 Å². The largest absolute Gasteiger partial charge is 0.494 e. The smallest absolute Gasteiger partial charge is 0.123 e. The van der Waals surface area contributed by atoms with Gasteiger partial charge >= 0.3 is 0 Å². The molecule has 1 aliphatic heterocycles. The average Bonchev–Trinajstić information content (AvgIpc) is 2.90. The third kappa shape index (κ3) is 4.00. The maximum absolute atomic E-state index is 5.62. The van der Waals surface area contributed by atoms with Crippen molar-refractivity contribution in [2.75, 3.05) is 32.8 Å². The Morgan fingerprint density at radius 3 is 2.78 bits per heavy atom. The summed E-state index contributed by atoms with van der Waals surface area (Å²) in [4.78, 5) is 2.53. The molecule has 0 aliphatic carbocycles. The van der Waals surface area contributed by atoms with E-state index in [1.807, 2.05) is 19.1 Å². The summed E-state index contributed by atoms with van der Waals surface area (Å²) < 4.78 is 5.62. The molecular weight excluding hydrogens is 224 g/mol. The third-order valence-electron chi connectivity index (χ3n) is 3.39. The van der Waals surface area contributed by atoms with Crippen LogP contribution in [-0.2, 0) is 6.54 Å². The first-order chi connectivity index (χ1) is 8.90. The molecular formula is C15H24N2O. The molecule has 0 atom stereocenters. The van der Waals surface area contributed by atoms with Gasteiger partial charge in [-0.25, -0.2) is 0 Å². The minimum absolute atomic E-state index is 0.727. The van der Waals surface area contributed by atoms with Gasteiger partial charge in [-0.1, -0.05) is 18.2 Å². The van der Waals surface area contributed by atoms with Crippen molar-refractivity contribution in [3.8, 4) is 5.75 Å². The standard InChI is InChI=1S/C15H24N2O/c1-2-18-15-8-4-3-7-14(15)13-16-9-12-17-10-5-6-11-17/h3-4,7-8,16H,2,5-6,9-13H2,1H3. The Hall–Kier alpha value is -1.06. The summed E-state index contributed by atoms with van der Waals surface area (Å²) in [5.41, 5.74) is 1.25. The molecule has 0 aromatic heterocycles. The number of likely N-dealkylation sites (tertiary alicyclic amines) is 1. The first-order valence-electron chi connectivity index (χ1n) is 7.04. The van der Waals surface area contributed by atoms with Crippen molar-refractivity contribution in [2.45, 2.75) is 26.3 Å². The van der Waals surface area contributed by atoms with Crippen LogP contribution in [0.5, 0.6) is 5.75 Å². The summed E-state index contributed by atoms with van der Waals surface area (Å²) in [5, 5.41) is 3.51. The molecule has 0 bridgehead atoms. The Morgan fingerprint density at radius 1 is 1.22 bits per heavy atom. The fourth-order valence-electron chi connectivity index (χ4n) is 2.41. The third-order valence-corrected chi connectivity index (χ3v) is 3.39. The number of rotatable bonds is 7. The van der Waals surface area contributed by atoms with Crippen LogP contribution in [0.15, 0.2) is 24.3 Å². The van der Waals surface area contributed by atoms with Gasteiger partial charge in [-0.3, -0.25) is 0 Å². The number of ether oxygens (including phenoxy) is 1. The Morgan fingerprint density at radius 2 is 2.00 bits per heavy atom. The van der Waals surface area contributed by atoms with Gasteiger partial charge in [0.25, 0.3) is 0 Å². The van der Waals surface area contributed by atoms with Crippen molar-refractivity contribution in [3.05, 3.63) is 29.8 Å². The lowest BCUT2D eigenvalue weighted by Crippen LogP contribution is -2.29. The Labute approximate surface area is 110 Å². The molecule has 18 heavy (non-hydrogen) atoms. The molecule has 100 valence electrons. The molecule has 0 amide bonds. The van der Waals surface area contributed by atoms with Crippen LogP contribution in [0.2, 0.25) is 0 Å². The highest BCUT2D eigenvalue weighted by Crippen LogP contribution is 2.17. The number of nitrogens with zero attached hydrogens (tertiary/aromatic N) is 1. The molecule has 1 aromatic carbocycles. The average molecular weight is 248 g/mol. The number of nitrogens with one attached hydrogen (secondary N) is 1. The van der Waals surface area contributed by atoms with E-state index in [2.05, 4.69) is 22.3 Å². The van der Waals surface area contributed by atoms with Crippen molar-refractivity contribution >= 4 is 0 Å². The lowest BCUT2D eigenvalue weighted by molar-refractivity contribution is 0.328. The van der Waals surface area contributed by atoms with Crippen molar-refractivity contribution in [1.29, 1.82) is 0 Å². The number of hydrogen-bond acceptors (Lipinski definition) is 3. The molecule has 0 saturated carbocycles. The lowest BCUT2D eigenvalue weighted by atomic mass is 10.2. The van der Waals surface area contributed by atoms with Crippen LogP contribution < -0.4 is 10.1 Å². The maximum Gasteiger partial charge on any atom is 0.123 e. The second-order valence-electron chi connectivity index (χ2n) is 4.77. The molecule has 1 aliphatic rings. The van der Waals surface area contributed by atoms with Crippen LogP contribution in [0.25, 0.3) is 0 Å². The molecule has 1 heterocycles. The van der Waals surface area contributed by atoms with Crippen LogP contribution in [0.4, 0.5) is 0 Å². The van der Waals surface area contributed by atoms with Crippen molar-refractivity contribution in [1.82, 2.24) is 10.2 Å². The van der Waals surface area contributed by atoms with Crippen molar-refractivity contribution in [2.24, 2.45) is 0 Å². The predicted octanol–water partition coefficient (Wildman–Crippen LogP) is 2.27. The van der Waals surface area contributed by atoms with E-state index < -0.39 is 0 Å². The summed E-state index contributed by atoms with van der Waals surface area (Å²) in [7, 11) is 0. The van der Waals surface area contributed by atoms with E-state index in [1.54, 1.807) is 0 Å². The van der Waals surface area contributed by atoms with Gasteiger partial charge < -0.3 is 15.0 Å². The first-order valence-corrected chi connectivity index (χ1v) is 7.04. The quantitative estimate of drug-likeness (QED) is 0.749. The number of para-hydroxylation sites is 1. The van der Waals surface area contributed by atoms with Gasteiger partial charge in [-0.05, 0) is 38.9 Å². The van der Waals surface area contributed by atoms with Gasteiger partial charge in [0.2, 0.25) is 0 Å². The molecule has 0 unspecified atom stereocenters. The van der Waals surface area contributed by atoms with Crippen LogP contribution >= 0.6 is 0 Å². The second-order valence-corrected chi connectivity index (χ2v) is 4.77. The zero-order chi connectivity index (χ0) is 12.6. The highest BCUT2D eigenvalue weighted by atomic mass is 16.5. The zero-order valence-corrected chi connectivity index (χ0v) is 11.3. The van der Waals surface area contributed by atoms with Crippen molar-refractivity contribution < 1.29 is 4.74 Å². The molecule has 1 saturated heterocycles. The predicted molar refractivity (Wildman–Crippen MR) is 75.0 cm³/mol. The maximum atomic E-state index is 5.62. The van der Waals surface area contributed by atoms with Gasteiger partial charge in [-0.2, -0.15) is 0 Å². The Kier molecular flexibility index (Phi) is 5.49. The summed E-state index contributed by atoms with van der Waals surface area (Å²) in [6.45, 7) is 8.41. The highest BCUT2D eigenvalue weighted by Gasteiger charge is 2.10. The topological polar surface area (TPSA) is 24.5 Å². The van der Waals surface area contributed by atoms with E-state index in [9.17, 15) is 0 Å². The molecule has 3 nitrogen and oxygen atoms in total. The van der Waals surface area contributed by atoms with E-state index in [0.717, 1.165) is 32.0 Å². The van der Waals surface area contributed by atoms with Crippen LogP contribution in [-0.4, -0.2) is 37.7 Å². The van der Waals surface area contributed by atoms with Gasteiger partial charge in [0.05, 0.1) is 6.61 Å². The van der Waals surface area contributed by atoms with Gasteiger partial charge in [0.1, 0.15) is 5.75 Å². The Bertz CT molecular complexity index is 348. The summed E-state index contributed by atoms with van der Waals surface area (Å²) in [5.74, 6) is 1.01. The van der Waals surface area contributed by atoms with E-state index >= 15 is 0 Å². The molecule has 1 N–H and O–H groups in total.